The Labute approximate surface area is 166 Å². The first-order valence-corrected chi connectivity index (χ1v) is 9.20. The van der Waals surface area contributed by atoms with Crippen LogP contribution in [0.15, 0.2) is 36.8 Å². The van der Waals surface area contributed by atoms with Gasteiger partial charge in [0.2, 0.25) is 11.9 Å². The van der Waals surface area contributed by atoms with Gasteiger partial charge in [0, 0.05) is 48.2 Å². The number of aryl methyl sites for hydroxylation is 4. The molecule has 4 aromatic rings. The number of pyridine rings is 1. The van der Waals surface area contributed by atoms with E-state index in [1.165, 1.54) is 5.56 Å². The first-order valence-electron chi connectivity index (χ1n) is 9.20. The van der Waals surface area contributed by atoms with Crippen LogP contribution in [0.1, 0.15) is 22.5 Å². The molecular weight excluding hydrogens is 370 g/mol. The normalized spacial score (nSPS) is 11.1. The van der Waals surface area contributed by atoms with Crippen LogP contribution in [0.4, 0.5) is 11.8 Å². The lowest BCUT2D eigenvalue weighted by Crippen LogP contribution is -2.18. The van der Waals surface area contributed by atoms with Gasteiger partial charge in [-0.3, -0.25) is 14.5 Å². The van der Waals surface area contributed by atoms with Crippen molar-refractivity contribution < 1.29 is 4.79 Å². The Hall–Kier alpha value is -3.82. The number of hydrogen-bond acceptors (Lipinski definition) is 7. The van der Waals surface area contributed by atoms with Gasteiger partial charge in [-0.25, -0.2) is 4.98 Å². The van der Waals surface area contributed by atoms with Crippen LogP contribution >= 0.6 is 0 Å². The Morgan fingerprint density at radius 1 is 1.14 bits per heavy atom. The molecule has 0 fully saturated rings. The van der Waals surface area contributed by atoms with Crippen molar-refractivity contribution >= 4 is 23.5 Å². The molecule has 10 nitrogen and oxygen atoms in total. The SMILES string of the molecule is Cc1nc2nc(N)nn2c(C)c1CC(=O)Nc1ccn(CCc2ccncc2)n1. The lowest BCUT2D eigenvalue weighted by molar-refractivity contribution is -0.115. The third-order valence-corrected chi connectivity index (χ3v) is 4.69. The average Bonchev–Trinajstić information content (AvgIpc) is 3.30. The summed E-state index contributed by atoms with van der Waals surface area (Å²) in [6.45, 7) is 4.42. The molecule has 0 unspecified atom stereocenters. The van der Waals surface area contributed by atoms with E-state index in [0.717, 1.165) is 23.4 Å². The minimum atomic E-state index is -0.176. The summed E-state index contributed by atoms with van der Waals surface area (Å²) in [4.78, 5) is 25.0. The van der Waals surface area contributed by atoms with Crippen LogP contribution in [0.5, 0.6) is 0 Å². The number of anilines is 2. The molecule has 1 amide bonds. The fourth-order valence-electron chi connectivity index (χ4n) is 3.17. The molecule has 148 valence electrons. The summed E-state index contributed by atoms with van der Waals surface area (Å²) in [5, 5.41) is 11.4. The standard InChI is InChI=1S/C19H21N9O/c1-12-15(13(2)28-19(22-12)24-18(20)26-28)11-17(29)23-16-6-10-27(25-16)9-5-14-3-7-21-8-4-14/h3-4,6-8,10H,5,9,11H2,1-2H3,(H2,20,26)(H,23,25,29). The van der Waals surface area contributed by atoms with Gasteiger partial charge >= 0.3 is 0 Å². The van der Waals surface area contributed by atoms with Gasteiger partial charge in [-0.1, -0.05) is 0 Å². The van der Waals surface area contributed by atoms with Gasteiger partial charge in [-0.2, -0.15) is 14.6 Å². The maximum Gasteiger partial charge on any atom is 0.254 e. The largest absolute Gasteiger partial charge is 0.366 e. The Bertz CT molecular complexity index is 1160. The molecule has 0 radical (unpaired) electrons. The van der Waals surface area contributed by atoms with Crippen molar-refractivity contribution in [2.24, 2.45) is 0 Å². The van der Waals surface area contributed by atoms with E-state index in [1.807, 2.05) is 32.2 Å². The van der Waals surface area contributed by atoms with E-state index >= 15 is 0 Å². The summed E-state index contributed by atoms with van der Waals surface area (Å²) in [5.41, 5.74) is 9.13. The summed E-state index contributed by atoms with van der Waals surface area (Å²) in [5.74, 6) is 0.914. The smallest absolute Gasteiger partial charge is 0.254 e. The van der Waals surface area contributed by atoms with Gasteiger partial charge in [0.25, 0.3) is 5.78 Å². The summed E-state index contributed by atoms with van der Waals surface area (Å²) < 4.78 is 3.36. The molecule has 0 aliphatic carbocycles. The number of nitrogens with zero attached hydrogens (tertiary/aromatic N) is 7. The molecule has 29 heavy (non-hydrogen) atoms. The van der Waals surface area contributed by atoms with Gasteiger partial charge in [-0.05, 0) is 38.0 Å². The van der Waals surface area contributed by atoms with Gasteiger partial charge in [0.05, 0.1) is 6.42 Å². The van der Waals surface area contributed by atoms with Crippen molar-refractivity contribution in [2.75, 3.05) is 11.1 Å². The van der Waals surface area contributed by atoms with Crippen molar-refractivity contribution in [2.45, 2.75) is 33.2 Å². The van der Waals surface area contributed by atoms with Crippen molar-refractivity contribution in [1.82, 2.24) is 34.3 Å². The molecule has 0 aliphatic rings. The topological polar surface area (TPSA) is 129 Å². The number of nitrogens with one attached hydrogen (secondary N) is 1. The summed E-state index contributed by atoms with van der Waals surface area (Å²) in [6.07, 6.45) is 6.38. The van der Waals surface area contributed by atoms with E-state index in [0.29, 0.717) is 18.1 Å². The van der Waals surface area contributed by atoms with Crippen molar-refractivity contribution in [3.63, 3.8) is 0 Å². The first-order chi connectivity index (χ1) is 14.0. The second kappa shape index (κ2) is 7.66. The Morgan fingerprint density at radius 3 is 2.72 bits per heavy atom. The Morgan fingerprint density at radius 2 is 1.93 bits per heavy atom. The number of carbonyl (C=O) groups excluding carboxylic acids is 1. The highest BCUT2D eigenvalue weighted by molar-refractivity contribution is 5.91. The lowest BCUT2D eigenvalue weighted by atomic mass is 10.1. The van der Waals surface area contributed by atoms with Gasteiger partial charge in [0.15, 0.2) is 5.82 Å². The highest BCUT2D eigenvalue weighted by Gasteiger charge is 2.16. The van der Waals surface area contributed by atoms with Gasteiger partial charge in [-0.15, -0.1) is 5.10 Å². The van der Waals surface area contributed by atoms with Crippen LogP contribution < -0.4 is 11.1 Å². The Kier molecular flexibility index (Phi) is 4.90. The number of amides is 1. The molecule has 0 aliphatic heterocycles. The molecular formula is C19H21N9O. The molecule has 0 saturated heterocycles. The Balaban J connectivity index is 1.41. The highest BCUT2D eigenvalue weighted by Crippen LogP contribution is 2.15. The van der Waals surface area contributed by atoms with Crippen LogP contribution in [-0.2, 0) is 24.2 Å². The van der Waals surface area contributed by atoms with Crippen LogP contribution in [0, 0.1) is 13.8 Å². The zero-order chi connectivity index (χ0) is 20.4. The van der Waals surface area contributed by atoms with Crippen LogP contribution in [0.25, 0.3) is 5.78 Å². The van der Waals surface area contributed by atoms with Crippen molar-refractivity contribution in [3.8, 4) is 0 Å². The quantitative estimate of drug-likeness (QED) is 0.507. The predicted octanol–water partition coefficient (Wildman–Crippen LogP) is 1.34. The van der Waals surface area contributed by atoms with E-state index in [9.17, 15) is 4.79 Å². The minimum Gasteiger partial charge on any atom is -0.366 e. The second-order valence-corrected chi connectivity index (χ2v) is 6.74. The van der Waals surface area contributed by atoms with Crippen LogP contribution in [0.3, 0.4) is 0 Å². The zero-order valence-electron chi connectivity index (χ0n) is 16.2. The second-order valence-electron chi connectivity index (χ2n) is 6.74. The highest BCUT2D eigenvalue weighted by atomic mass is 16.1. The summed E-state index contributed by atoms with van der Waals surface area (Å²) in [7, 11) is 0. The molecule has 0 aromatic carbocycles. The first kappa shape index (κ1) is 18.5. The number of hydrogen-bond donors (Lipinski definition) is 2. The number of rotatable bonds is 6. The average molecular weight is 391 g/mol. The molecule has 0 atom stereocenters. The molecule has 0 bridgehead atoms. The van der Waals surface area contributed by atoms with E-state index < -0.39 is 0 Å². The fourth-order valence-corrected chi connectivity index (χ4v) is 3.17. The van der Waals surface area contributed by atoms with E-state index in [1.54, 1.807) is 27.7 Å². The third kappa shape index (κ3) is 4.05. The molecule has 4 aromatic heterocycles. The van der Waals surface area contributed by atoms with E-state index in [4.69, 9.17) is 5.73 Å². The lowest BCUT2D eigenvalue weighted by Gasteiger charge is -2.10. The minimum absolute atomic E-state index is 0.152. The molecule has 4 heterocycles. The van der Waals surface area contributed by atoms with E-state index in [-0.39, 0.29) is 18.3 Å². The number of nitrogens with two attached hydrogens (primary N) is 1. The zero-order valence-corrected chi connectivity index (χ0v) is 16.2. The number of aromatic nitrogens is 7. The number of nitrogen functional groups attached to an aromatic ring is 1. The van der Waals surface area contributed by atoms with Crippen LogP contribution in [-0.4, -0.2) is 40.3 Å². The molecule has 4 rings (SSSR count). The predicted molar refractivity (Wildman–Crippen MR) is 107 cm³/mol. The number of fused-ring (bicyclic) bond motifs is 1. The van der Waals surface area contributed by atoms with Crippen LogP contribution in [0.2, 0.25) is 0 Å². The maximum absolute atomic E-state index is 12.6. The molecule has 3 N–H and O–H groups in total. The van der Waals surface area contributed by atoms with Crippen molar-refractivity contribution in [3.05, 3.63) is 59.3 Å². The van der Waals surface area contributed by atoms with Crippen molar-refractivity contribution in [1.29, 1.82) is 0 Å². The molecule has 0 spiro atoms. The summed E-state index contributed by atoms with van der Waals surface area (Å²) >= 11 is 0. The fraction of sp³-hybridized carbons (Fsp3) is 0.263. The molecule has 0 saturated carbocycles. The number of carbonyl (C=O) groups is 1. The maximum atomic E-state index is 12.6. The molecule has 10 heteroatoms. The van der Waals surface area contributed by atoms with E-state index in [2.05, 4.69) is 30.5 Å². The van der Waals surface area contributed by atoms with Gasteiger partial charge in [0.1, 0.15) is 0 Å². The monoisotopic (exact) mass is 391 g/mol. The van der Waals surface area contributed by atoms with Gasteiger partial charge < -0.3 is 11.1 Å². The third-order valence-electron chi connectivity index (χ3n) is 4.69. The summed E-state index contributed by atoms with van der Waals surface area (Å²) in [6, 6.07) is 5.73.